The van der Waals surface area contributed by atoms with E-state index in [0.29, 0.717) is 59.7 Å². The second-order valence-electron chi connectivity index (χ2n) is 23.9. The highest BCUT2D eigenvalue weighted by molar-refractivity contribution is 6.00. The number of hydrogen-bond donors (Lipinski definition) is 15. The van der Waals surface area contributed by atoms with E-state index in [4.69, 9.17) is 11.5 Å². The number of nitrogens with zero attached hydrogens (tertiary/aromatic N) is 5. The van der Waals surface area contributed by atoms with Crippen LogP contribution < -0.4 is 54.0 Å². The van der Waals surface area contributed by atoms with Gasteiger partial charge in [0.15, 0.2) is 0 Å². The lowest BCUT2D eigenvalue weighted by atomic mass is 10.0. The number of hydrogen-bond acceptors (Lipinski definition) is 16. The van der Waals surface area contributed by atoms with Crippen LogP contribution in [0.1, 0.15) is 85.9 Å². The standard InChI is InChI=1S/C64H76F2N18O13/c65-37-11-15-44-42(23-37)35(28-70-44)21-48-59(92)77-49(22-36-29-71-45-16-12-38(66)24-43(36)45)60(93)79-51(27-56(88)89)62(95)78-50(25-39-30-69-33-73-39)61(94)80-52(20-34-9-13-41(85)14-10-34)64(97)84-19-5-7-53(84)63(96)76-47(57(68)90)26-40-32-83(82-81-40)18-4-2-8-54(86)74-46(6-1-3-17-67)58(91)72-31-55(87)75-48/h9-16,23-24,28-30,32-33,46-53,70-71,85H,1-8,17-22,25-27,31,67H2,(H2,68,90)(H,69,73)(H,72,91)(H,74,86)(H,75,87)(H,76,96)(H,77,92)(H,78,95)(H,79,93)(H,80,94)(H,88,89)/t46-,47-,48-,49-,50-,51-,52-,53-/m0/s1. The van der Waals surface area contributed by atoms with E-state index in [1.54, 1.807) is 0 Å². The molecule has 8 atom stereocenters. The van der Waals surface area contributed by atoms with Crippen LogP contribution >= 0.6 is 0 Å². The summed E-state index contributed by atoms with van der Waals surface area (Å²) in [6.45, 7) is -0.224. The number of H-pyrrole nitrogens is 3. The van der Waals surface area contributed by atoms with Crippen molar-refractivity contribution in [2.75, 3.05) is 19.6 Å². The van der Waals surface area contributed by atoms with Crippen molar-refractivity contribution in [1.82, 2.24) is 82.4 Å². The van der Waals surface area contributed by atoms with Crippen LogP contribution in [0.5, 0.6) is 5.75 Å². The zero-order chi connectivity index (χ0) is 69.3. The molecule has 6 heterocycles. The van der Waals surface area contributed by atoms with Crippen molar-refractivity contribution in [3.8, 4) is 5.75 Å². The first-order valence-electron chi connectivity index (χ1n) is 31.6. The molecule has 97 heavy (non-hydrogen) atoms. The summed E-state index contributed by atoms with van der Waals surface area (Å²) < 4.78 is 31.2. The van der Waals surface area contributed by atoms with E-state index in [2.05, 4.69) is 72.8 Å². The Morgan fingerprint density at radius 3 is 1.86 bits per heavy atom. The van der Waals surface area contributed by atoms with Crippen LogP contribution in [0, 0.1) is 11.6 Å². The average Bonchev–Trinajstić information content (AvgIpc) is 1.75. The lowest BCUT2D eigenvalue weighted by Crippen LogP contribution is -2.61. The summed E-state index contributed by atoms with van der Waals surface area (Å²) in [6, 6.07) is 0.858. The Labute approximate surface area is 552 Å². The molecule has 17 N–H and O–H groups in total. The van der Waals surface area contributed by atoms with Gasteiger partial charge in [0.2, 0.25) is 59.1 Å². The first kappa shape index (κ1) is 70.2. The summed E-state index contributed by atoms with van der Waals surface area (Å²) in [6.07, 6.45) is 6.25. The predicted octanol–water partition coefficient (Wildman–Crippen LogP) is -0.765. The number of phenols is 1. The SMILES string of the molecule is NCCCC[C@@H]1NC(=O)CCCCn2cc(nn2)C[C@@H](C(N)=O)NC(=O)[C@@H]2CCCN2C(=O)[C@H](Cc2ccc(O)cc2)NC(=O)[C@H](Cc2cnc[nH]2)NC(=O)[C@H](CC(=O)O)NC(=O)[C@H](Cc2c[nH]c3ccc(F)cc23)NC(=O)[C@H](Cc2c[nH]c3ccc(F)cc23)NC(=O)CNC1=O. The fourth-order valence-electron chi connectivity index (χ4n) is 11.7. The number of halogens is 2. The van der Waals surface area contributed by atoms with Crippen LogP contribution in [0.2, 0.25) is 0 Å². The molecule has 0 unspecified atom stereocenters. The van der Waals surface area contributed by atoms with Gasteiger partial charge < -0.3 is 84.1 Å². The van der Waals surface area contributed by atoms with Gasteiger partial charge in [-0.15, -0.1) is 5.10 Å². The third-order valence-corrected chi connectivity index (χ3v) is 16.8. The van der Waals surface area contributed by atoms with Crippen molar-refractivity contribution in [3.05, 3.63) is 131 Å². The first-order chi connectivity index (χ1) is 46.6. The molecule has 31 nitrogen and oxygen atoms in total. The van der Waals surface area contributed by atoms with E-state index in [9.17, 15) is 71.7 Å². The van der Waals surface area contributed by atoms with Gasteiger partial charge in [-0.05, 0) is 117 Å². The number of aliphatic carboxylic acids is 1. The zero-order valence-corrected chi connectivity index (χ0v) is 52.5. The number of carboxylic acids is 1. The molecule has 1 saturated heterocycles. The number of nitrogens with one attached hydrogen (secondary N) is 11. The Morgan fingerprint density at radius 2 is 1.24 bits per heavy atom. The van der Waals surface area contributed by atoms with Crippen molar-refractivity contribution in [1.29, 1.82) is 0 Å². The third-order valence-electron chi connectivity index (χ3n) is 16.8. The van der Waals surface area contributed by atoms with Crippen molar-refractivity contribution >= 4 is 86.8 Å². The number of carboxylic acid groups (broad SMARTS) is 1. The number of aromatic nitrogens is 7. The van der Waals surface area contributed by atoms with E-state index in [-0.39, 0.29) is 92.7 Å². The fraction of sp³-hybridized carbons (Fsp3) is 0.406. The summed E-state index contributed by atoms with van der Waals surface area (Å²) >= 11 is 0. The smallest absolute Gasteiger partial charge is 0.305 e. The number of phenolic OH excluding ortho intramolecular Hbond substituents is 1. The molecule has 33 heteroatoms. The van der Waals surface area contributed by atoms with Gasteiger partial charge in [0.05, 0.1) is 25.0 Å². The van der Waals surface area contributed by atoms with Crippen LogP contribution in [0.15, 0.2) is 91.8 Å². The molecule has 1 fully saturated rings. The zero-order valence-electron chi connectivity index (χ0n) is 52.5. The van der Waals surface area contributed by atoms with Crippen molar-refractivity contribution in [2.45, 2.75) is 145 Å². The summed E-state index contributed by atoms with van der Waals surface area (Å²) in [5.41, 5.74) is 13.9. The molecular weight excluding hydrogens is 1270 g/mol. The molecular formula is C64H76F2N18O13. The number of carbonyl (C=O) groups excluding carboxylic acids is 10. The molecule has 3 aromatic carbocycles. The van der Waals surface area contributed by atoms with E-state index < -0.39 is 144 Å². The molecule has 7 aromatic rings. The van der Waals surface area contributed by atoms with Crippen LogP contribution in [0.3, 0.4) is 0 Å². The lowest BCUT2D eigenvalue weighted by molar-refractivity contribution is -0.143. The number of imidazole rings is 1. The van der Waals surface area contributed by atoms with Gasteiger partial charge in [-0.3, -0.25) is 57.4 Å². The molecule has 514 valence electrons. The Balaban J connectivity index is 1.06. The number of amides is 10. The predicted molar refractivity (Wildman–Crippen MR) is 341 cm³/mol. The Bertz CT molecular complexity index is 4010. The number of aromatic amines is 3. The number of benzene rings is 3. The highest BCUT2D eigenvalue weighted by atomic mass is 19.1. The average molecular weight is 1340 g/mol. The van der Waals surface area contributed by atoms with Gasteiger partial charge in [-0.25, -0.2) is 13.8 Å². The monoisotopic (exact) mass is 1340 g/mol. The summed E-state index contributed by atoms with van der Waals surface area (Å²) in [7, 11) is 0. The lowest BCUT2D eigenvalue weighted by Gasteiger charge is -2.31. The number of aryl methyl sites for hydroxylation is 1. The van der Waals surface area contributed by atoms with Gasteiger partial charge in [0, 0.05) is 104 Å². The second-order valence-corrected chi connectivity index (χ2v) is 23.9. The number of carbonyl (C=O) groups is 11. The topological polar surface area (TPSA) is 471 Å². The minimum Gasteiger partial charge on any atom is -0.508 e. The number of primary amides is 1. The van der Waals surface area contributed by atoms with Crippen LogP contribution in [-0.4, -0.2) is 183 Å². The number of nitrogens with two attached hydrogens (primary N) is 2. The first-order valence-corrected chi connectivity index (χ1v) is 31.6. The highest BCUT2D eigenvalue weighted by Gasteiger charge is 2.41. The molecule has 9 rings (SSSR count). The second kappa shape index (κ2) is 32.8. The maximum Gasteiger partial charge on any atom is 0.305 e. The van der Waals surface area contributed by atoms with Crippen molar-refractivity contribution in [3.63, 3.8) is 0 Å². The molecule has 0 radical (unpaired) electrons. The summed E-state index contributed by atoms with van der Waals surface area (Å²) in [5.74, 6) is -12.3. The highest BCUT2D eigenvalue weighted by Crippen LogP contribution is 2.25. The molecule has 4 aromatic heterocycles. The van der Waals surface area contributed by atoms with E-state index >= 15 is 0 Å². The molecule has 10 amide bonds. The van der Waals surface area contributed by atoms with Crippen LogP contribution in [0.25, 0.3) is 21.8 Å². The molecule has 0 saturated carbocycles. The molecule has 0 aliphatic carbocycles. The maximum atomic E-state index is 15.0. The van der Waals surface area contributed by atoms with Gasteiger partial charge >= 0.3 is 5.97 Å². The van der Waals surface area contributed by atoms with Crippen molar-refractivity contribution in [2.24, 2.45) is 11.5 Å². The van der Waals surface area contributed by atoms with E-state index in [1.165, 1.54) is 95.3 Å². The number of unbranched alkanes of at least 4 members (excludes halogenated alkanes) is 1. The van der Waals surface area contributed by atoms with Gasteiger partial charge in [0.25, 0.3) is 0 Å². The van der Waals surface area contributed by atoms with Gasteiger partial charge in [0.1, 0.15) is 65.7 Å². The Morgan fingerprint density at radius 1 is 0.629 bits per heavy atom. The molecule has 0 spiro atoms. The molecule has 2 aliphatic rings. The van der Waals surface area contributed by atoms with Crippen LogP contribution in [-0.2, 0) is 91.4 Å². The quantitative estimate of drug-likeness (QED) is 0.0561. The number of rotatable bonds is 15. The normalized spacial score (nSPS) is 22.2. The third kappa shape index (κ3) is 19.3. The number of aromatic hydroxyl groups is 1. The minimum absolute atomic E-state index is 0.00489. The molecule has 2 bridgehead atoms. The van der Waals surface area contributed by atoms with E-state index in [0.717, 1.165) is 6.07 Å². The summed E-state index contributed by atoms with van der Waals surface area (Å²) in [5, 5.41) is 50.0. The van der Waals surface area contributed by atoms with Gasteiger partial charge in [-0.2, -0.15) is 0 Å². The fourth-order valence-corrected chi connectivity index (χ4v) is 11.7. The Hall–Kier alpha value is -11.1. The largest absolute Gasteiger partial charge is 0.508 e. The van der Waals surface area contributed by atoms with Crippen molar-refractivity contribution < 1.29 is 71.7 Å². The Kier molecular flexibility index (Phi) is 23.8. The summed E-state index contributed by atoms with van der Waals surface area (Å²) in [4.78, 5) is 170. The number of fused-ring (bicyclic) bond motifs is 5. The molecule has 2 aliphatic heterocycles. The minimum atomic E-state index is -2.05. The van der Waals surface area contributed by atoms with E-state index in [1.807, 2.05) is 0 Å². The van der Waals surface area contributed by atoms with Gasteiger partial charge in [-0.1, -0.05) is 17.3 Å². The van der Waals surface area contributed by atoms with Crippen LogP contribution in [0.4, 0.5) is 8.78 Å². The maximum absolute atomic E-state index is 15.0.